The molecule has 0 aliphatic carbocycles. The molecule has 2 heterocycles. The normalized spacial score (nSPS) is 17.0. The molecule has 0 amide bonds. The standard InChI is InChI=1S/C16H31N5O/c1-13-14(15(19(4)5)20(6)18-13)11-17-12-16(2,3)21-7-9-22-10-8-21/h17H,7-12H2,1-6H3. The van der Waals surface area contributed by atoms with Crippen molar-refractivity contribution < 1.29 is 4.74 Å². The Bertz CT molecular complexity index is 489. The highest BCUT2D eigenvalue weighted by atomic mass is 16.5. The number of ether oxygens (including phenoxy) is 1. The fraction of sp³-hybridized carbons (Fsp3) is 0.812. The number of hydrogen-bond acceptors (Lipinski definition) is 5. The number of nitrogens with one attached hydrogen (secondary N) is 1. The lowest BCUT2D eigenvalue weighted by Gasteiger charge is -2.41. The molecule has 1 N–H and O–H groups in total. The predicted molar refractivity (Wildman–Crippen MR) is 90.4 cm³/mol. The fourth-order valence-corrected chi connectivity index (χ4v) is 3.23. The van der Waals surface area contributed by atoms with Crippen molar-refractivity contribution in [3.63, 3.8) is 0 Å². The summed E-state index contributed by atoms with van der Waals surface area (Å²) in [5, 5.41) is 8.17. The smallest absolute Gasteiger partial charge is 0.130 e. The van der Waals surface area contributed by atoms with Crippen molar-refractivity contribution in [1.82, 2.24) is 20.0 Å². The van der Waals surface area contributed by atoms with Gasteiger partial charge in [-0.15, -0.1) is 0 Å². The van der Waals surface area contributed by atoms with E-state index in [4.69, 9.17) is 4.74 Å². The summed E-state index contributed by atoms with van der Waals surface area (Å²) >= 11 is 0. The molecule has 1 aromatic rings. The Labute approximate surface area is 134 Å². The highest BCUT2D eigenvalue weighted by molar-refractivity contribution is 5.48. The van der Waals surface area contributed by atoms with Crippen LogP contribution in [0.5, 0.6) is 0 Å². The summed E-state index contributed by atoms with van der Waals surface area (Å²) in [4.78, 5) is 4.64. The number of aromatic nitrogens is 2. The maximum atomic E-state index is 5.45. The first-order valence-corrected chi connectivity index (χ1v) is 8.06. The van der Waals surface area contributed by atoms with Crippen LogP contribution in [0.1, 0.15) is 25.1 Å². The average molecular weight is 309 g/mol. The second-order valence-corrected chi connectivity index (χ2v) is 6.92. The molecule has 1 aliphatic heterocycles. The predicted octanol–water partition coefficient (Wildman–Crippen LogP) is 0.995. The van der Waals surface area contributed by atoms with Crippen LogP contribution in [0.4, 0.5) is 5.82 Å². The second-order valence-electron chi connectivity index (χ2n) is 6.92. The number of aryl methyl sites for hydroxylation is 2. The van der Waals surface area contributed by atoms with Crippen LogP contribution in [0.25, 0.3) is 0 Å². The van der Waals surface area contributed by atoms with Crippen LogP contribution in [0.15, 0.2) is 0 Å². The zero-order valence-corrected chi connectivity index (χ0v) is 14.9. The minimum Gasteiger partial charge on any atom is -0.379 e. The zero-order valence-electron chi connectivity index (χ0n) is 14.9. The quantitative estimate of drug-likeness (QED) is 0.849. The SMILES string of the molecule is Cc1nn(C)c(N(C)C)c1CNCC(C)(C)N1CCOCC1. The second kappa shape index (κ2) is 6.98. The monoisotopic (exact) mass is 309 g/mol. The third-order valence-electron chi connectivity index (χ3n) is 4.46. The van der Waals surface area contributed by atoms with E-state index in [1.165, 1.54) is 11.4 Å². The van der Waals surface area contributed by atoms with Crippen LogP contribution in [0.2, 0.25) is 0 Å². The van der Waals surface area contributed by atoms with E-state index in [0.717, 1.165) is 45.1 Å². The number of anilines is 1. The van der Waals surface area contributed by atoms with Crippen molar-refractivity contribution in [2.75, 3.05) is 51.8 Å². The molecule has 1 fully saturated rings. The molecule has 0 aromatic carbocycles. The van der Waals surface area contributed by atoms with Crippen molar-refractivity contribution in [2.45, 2.75) is 32.9 Å². The molecule has 0 spiro atoms. The molecule has 6 nitrogen and oxygen atoms in total. The zero-order chi connectivity index (χ0) is 16.3. The summed E-state index contributed by atoms with van der Waals surface area (Å²) in [5.74, 6) is 1.18. The Hall–Kier alpha value is -1.11. The van der Waals surface area contributed by atoms with E-state index in [9.17, 15) is 0 Å². The van der Waals surface area contributed by atoms with Gasteiger partial charge in [0.05, 0.1) is 18.9 Å². The molecule has 0 saturated carbocycles. The minimum atomic E-state index is 0.137. The van der Waals surface area contributed by atoms with E-state index < -0.39 is 0 Å². The summed E-state index contributed by atoms with van der Waals surface area (Å²) in [5.41, 5.74) is 2.52. The highest BCUT2D eigenvalue weighted by Crippen LogP contribution is 2.21. The van der Waals surface area contributed by atoms with Gasteiger partial charge in [0.25, 0.3) is 0 Å². The Kier molecular flexibility index (Phi) is 5.47. The molecule has 126 valence electrons. The molecular formula is C16H31N5O. The molecule has 1 aromatic heterocycles. The van der Waals surface area contributed by atoms with Gasteiger partial charge in [0.2, 0.25) is 0 Å². The van der Waals surface area contributed by atoms with Crippen molar-refractivity contribution in [3.8, 4) is 0 Å². The van der Waals surface area contributed by atoms with E-state index >= 15 is 0 Å². The Morgan fingerprint density at radius 2 is 1.91 bits per heavy atom. The number of morpholine rings is 1. The lowest BCUT2D eigenvalue weighted by molar-refractivity contribution is -0.00966. The molecule has 6 heteroatoms. The molecule has 2 rings (SSSR count). The molecule has 0 atom stereocenters. The summed E-state index contributed by atoms with van der Waals surface area (Å²) < 4.78 is 7.41. The Balaban J connectivity index is 1.96. The maximum absolute atomic E-state index is 5.45. The van der Waals surface area contributed by atoms with Crippen LogP contribution in [0, 0.1) is 6.92 Å². The lowest BCUT2D eigenvalue weighted by Crippen LogP contribution is -2.54. The summed E-state index contributed by atoms with van der Waals surface area (Å²) in [7, 11) is 6.14. The molecule has 0 bridgehead atoms. The van der Waals surface area contributed by atoms with E-state index in [0.29, 0.717) is 0 Å². The van der Waals surface area contributed by atoms with Crippen LogP contribution in [-0.4, -0.2) is 67.2 Å². The summed E-state index contributed by atoms with van der Waals surface area (Å²) in [6, 6.07) is 0. The average Bonchev–Trinajstić information content (AvgIpc) is 2.74. The van der Waals surface area contributed by atoms with Crippen LogP contribution >= 0.6 is 0 Å². The molecule has 0 unspecified atom stereocenters. The van der Waals surface area contributed by atoms with Gasteiger partial charge in [-0.05, 0) is 20.8 Å². The van der Waals surface area contributed by atoms with E-state index in [1.807, 2.05) is 11.7 Å². The van der Waals surface area contributed by atoms with E-state index in [-0.39, 0.29) is 5.54 Å². The minimum absolute atomic E-state index is 0.137. The molecule has 1 aliphatic rings. The van der Waals surface area contributed by atoms with E-state index in [1.54, 1.807) is 0 Å². The van der Waals surface area contributed by atoms with Gasteiger partial charge in [0.1, 0.15) is 5.82 Å². The highest BCUT2D eigenvalue weighted by Gasteiger charge is 2.28. The van der Waals surface area contributed by atoms with Gasteiger partial charge in [-0.1, -0.05) is 0 Å². The Morgan fingerprint density at radius 3 is 2.50 bits per heavy atom. The van der Waals surface area contributed by atoms with Crippen molar-refractivity contribution in [2.24, 2.45) is 7.05 Å². The van der Waals surface area contributed by atoms with Gasteiger partial charge >= 0.3 is 0 Å². The van der Waals surface area contributed by atoms with Crippen LogP contribution in [-0.2, 0) is 18.3 Å². The van der Waals surface area contributed by atoms with Crippen molar-refractivity contribution >= 4 is 5.82 Å². The first kappa shape index (κ1) is 17.2. The molecular weight excluding hydrogens is 278 g/mol. The number of hydrogen-bond donors (Lipinski definition) is 1. The molecule has 22 heavy (non-hydrogen) atoms. The number of rotatable bonds is 6. The topological polar surface area (TPSA) is 45.6 Å². The molecule has 1 saturated heterocycles. The largest absolute Gasteiger partial charge is 0.379 e. The third-order valence-corrected chi connectivity index (χ3v) is 4.46. The van der Waals surface area contributed by atoms with Gasteiger partial charge in [-0.25, -0.2) is 0 Å². The van der Waals surface area contributed by atoms with Crippen molar-refractivity contribution in [1.29, 1.82) is 0 Å². The summed E-state index contributed by atoms with van der Waals surface area (Å²) in [6.07, 6.45) is 0. The number of nitrogens with zero attached hydrogens (tertiary/aromatic N) is 4. The summed E-state index contributed by atoms with van der Waals surface area (Å²) in [6.45, 7) is 12.2. The van der Waals surface area contributed by atoms with Crippen molar-refractivity contribution in [3.05, 3.63) is 11.3 Å². The van der Waals surface area contributed by atoms with Crippen LogP contribution < -0.4 is 10.2 Å². The van der Waals surface area contributed by atoms with Gasteiger partial charge in [0, 0.05) is 58.4 Å². The van der Waals surface area contributed by atoms with Gasteiger partial charge < -0.3 is 15.0 Å². The first-order chi connectivity index (χ1) is 10.3. The first-order valence-electron chi connectivity index (χ1n) is 8.06. The van der Waals surface area contributed by atoms with Crippen LogP contribution in [0.3, 0.4) is 0 Å². The lowest BCUT2D eigenvalue weighted by atomic mass is 10.0. The fourth-order valence-electron chi connectivity index (χ4n) is 3.23. The third kappa shape index (κ3) is 3.80. The van der Waals surface area contributed by atoms with E-state index in [2.05, 4.69) is 55.1 Å². The van der Waals surface area contributed by atoms with Gasteiger partial charge in [-0.2, -0.15) is 5.10 Å². The maximum Gasteiger partial charge on any atom is 0.130 e. The van der Waals surface area contributed by atoms with Gasteiger partial charge in [-0.3, -0.25) is 9.58 Å². The Morgan fingerprint density at radius 1 is 1.27 bits per heavy atom. The molecule has 0 radical (unpaired) electrons. The van der Waals surface area contributed by atoms with Gasteiger partial charge in [0.15, 0.2) is 0 Å².